The second-order valence-corrected chi connectivity index (χ2v) is 46.2. The Hall–Kier alpha value is -12.3. The average molecular weight is 1940 g/mol. The summed E-state index contributed by atoms with van der Waals surface area (Å²) in [6, 6.07) is 38.8. The van der Waals surface area contributed by atoms with Gasteiger partial charge in [-0.2, -0.15) is 0 Å². The molecule has 12 heterocycles. The van der Waals surface area contributed by atoms with E-state index < -0.39 is 5.41 Å². The number of hydrogen-bond donors (Lipinski definition) is 0. The first-order valence-electron chi connectivity index (χ1n) is 48.3. The van der Waals surface area contributed by atoms with Crippen LogP contribution in [0.4, 0.5) is 4.39 Å². The molecule has 140 heavy (non-hydrogen) atoms. The average Bonchev–Trinajstić information content (AvgIpc) is 1.65. The number of carbonyl (C=O) groups is 8. The lowest BCUT2D eigenvalue weighted by molar-refractivity contribution is -0.140. The van der Waals surface area contributed by atoms with Crippen LogP contribution in [0.15, 0.2) is 121 Å². The van der Waals surface area contributed by atoms with Gasteiger partial charge in [-0.1, -0.05) is 226 Å². The molecule has 12 aliphatic rings. The topological polar surface area (TPSA) is 255 Å². The second kappa shape index (κ2) is 41.5. The summed E-state index contributed by atoms with van der Waals surface area (Å²) < 4.78 is 68.1. The van der Waals surface area contributed by atoms with E-state index in [1.54, 1.807) is 25.2 Å². The molecule has 0 N–H and O–H groups in total. The van der Waals surface area contributed by atoms with Gasteiger partial charge in [0.2, 0.25) is 60.8 Å². The third-order valence-corrected chi connectivity index (χ3v) is 25.9. The summed E-state index contributed by atoms with van der Waals surface area (Å²) in [5, 5.41) is 0.740. The van der Waals surface area contributed by atoms with Crippen molar-refractivity contribution >= 4 is 58.9 Å². The molecular weight excluding hydrogens is 1800 g/mol. The summed E-state index contributed by atoms with van der Waals surface area (Å²) >= 11 is 5.94. The van der Waals surface area contributed by atoms with Gasteiger partial charge in [0, 0.05) is 156 Å². The van der Waals surface area contributed by atoms with Gasteiger partial charge in [-0.05, 0) is 140 Å². The molecule has 0 aromatic heterocycles. The molecule has 0 saturated heterocycles. The van der Waals surface area contributed by atoms with E-state index in [-0.39, 0.29) is 97.8 Å². The maximum Gasteiger partial charge on any atom is 0.231 e. The minimum Gasteiger partial charge on any atom is -0.497 e. The lowest BCUT2D eigenvalue weighted by atomic mass is 9.95. The molecule has 8 aromatic carbocycles. The quantitative estimate of drug-likeness (QED) is 0.156. The summed E-state index contributed by atoms with van der Waals surface area (Å²) in [4.78, 5) is 113. The highest BCUT2D eigenvalue weighted by molar-refractivity contribution is 6.30. The first kappa shape index (κ1) is 105. The fraction of sp³-hybridized carbons (Fsp3) is 0.500. The lowest BCUT2D eigenvalue weighted by Gasteiger charge is -2.25. The molecule has 20 rings (SSSR count). The van der Waals surface area contributed by atoms with Crippen molar-refractivity contribution in [2.75, 3.05) is 54.2 Å². The van der Waals surface area contributed by atoms with E-state index in [0.29, 0.717) is 137 Å². The van der Waals surface area contributed by atoms with E-state index in [9.17, 15) is 42.7 Å². The van der Waals surface area contributed by atoms with Crippen LogP contribution in [0.3, 0.4) is 0 Å². The van der Waals surface area contributed by atoms with Gasteiger partial charge in [0.15, 0.2) is 46.0 Å². The minimum atomic E-state index is -0.404. The number of nitrogens with zero attached hydrogens (tertiary/aromatic N) is 8. The maximum absolute atomic E-state index is 13.5. The predicted molar refractivity (Wildman–Crippen MR) is 534 cm³/mol. The molecule has 28 heteroatoms. The van der Waals surface area contributed by atoms with E-state index in [1.165, 1.54) is 50.6 Å². The zero-order chi connectivity index (χ0) is 102. The van der Waals surface area contributed by atoms with E-state index in [2.05, 4.69) is 6.07 Å². The SMILES string of the molecule is CC(C)(C)C(=O)N1Cc2cc3c(cc2C1)OCCO3.CC(C)(C)C(=O)N1Cc2cc3c(cc2C1)OCO3.CC(C)(C)C(=O)N1Cc2ccc(Cl)cc2C1.CC(C)(C)C(=O)N1Cc2ccc3c(c2C1)OCCO3.CC(C)(C)C(=O)N1Cc2ccc3c(c2C1)OCO3.CC(C)(C)C(=O)N1Cc2cccc(F)c2C1.COc1ccc2c(c1)CN(C(=O)C(C)(C)C)C2.COc1cccc2c1CN(C(=O)C(C)(C)C)C2. The van der Waals surface area contributed by atoms with Crippen LogP contribution in [0.2, 0.25) is 5.02 Å². The van der Waals surface area contributed by atoms with Crippen molar-refractivity contribution in [1.82, 2.24) is 39.2 Å². The largest absolute Gasteiger partial charge is 0.497 e. The lowest BCUT2D eigenvalue weighted by Crippen LogP contribution is -2.35. The minimum absolute atomic E-state index is 0.0723. The van der Waals surface area contributed by atoms with Crippen LogP contribution in [0.5, 0.6) is 57.5 Å². The van der Waals surface area contributed by atoms with Gasteiger partial charge in [-0.15, -0.1) is 0 Å². The molecule has 26 nitrogen and oxygen atoms in total. The fourth-order valence-electron chi connectivity index (χ4n) is 18.3. The molecule has 12 aliphatic heterocycles. The van der Waals surface area contributed by atoms with Gasteiger partial charge in [0.05, 0.1) is 33.9 Å². The third kappa shape index (κ3) is 24.6. The van der Waals surface area contributed by atoms with Gasteiger partial charge in [-0.3, -0.25) is 38.4 Å². The molecule has 0 atom stereocenters. The molecule has 0 radical (unpaired) electrons. The zero-order valence-corrected chi connectivity index (χ0v) is 87.5. The van der Waals surface area contributed by atoms with Crippen molar-refractivity contribution < 1.29 is 90.1 Å². The van der Waals surface area contributed by atoms with Crippen LogP contribution >= 0.6 is 11.6 Å². The highest BCUT2D eigenvalue weighted by Gasteiger charge is 2.42. The Morgan fingerprint density at radius 3 is 0.893 bits per heavy atom. The summed E-state index contributed by atoms with van der Waals surface area (Å²) in [6.07, 6.45) is 0. The van der Waals surface area contributed by atoms with Crippen molar-refractivity contribution in [2.24, 2.45) is 43.3 Å². The molecule has 0 aliphatic carbocycles. The molecule has 752 valence electrons. The van der Waals surface area contributed by atoms with Gasteiger partial charge in [0.1, 0.15) is 43.7 Å². The molecule has 0 bridgehead atoms. The van der Waals surface area contributed by atoms with Crippen molar-refractivity contribution in [3.05, 3.63) is 221 Å². The molecule has 0 unspecified atom stereocenters. The molecule has 0 saturated carbocycles. The summed E-state index contributed by atoms with van der Waals surface area (Å²) in [5.74, 6) is 9.32. The van der Waals surface area contributed by atoms with Crippen LogP contribution in [0, 0.1) is 49.1 Å². The first-order chi connectivity index (χ1) is 65.4. The smallest absolute Gasteiger partial charge is 0.231 e. The third-order valence-electron chi connectivity index (χ3n) is 25.6. The number of rotatable bonds is 2. The van der Waals surface area contributed by atoms with E-state index in [0.717, 1.165) is 108 Å². The van der Waals surface area contributed by atoms with Crippen LogP contribution in [0.25, 0.3) is 0 Å². The molecule has 8 aromatic rings. The Morgan fingerprint density at radius 1 is 0.257 bits per heavy atom. The number of methoxy groups -OCH3 is 2. The summed E-state index contributed by atoms with van der Waals surface area (Å²) in [7, 11) is 3.33. The van der Waals surface area contributed by atoms with Gasteiger partial charge < -0.3 is 86.6 Å². The van der Waals surface area contributed by atoms with E-state index >= 15 is 0 Å². The van der Waals surface area contributed by atoms with Gasteiger partial charge in [-0.25, -0.2) is 4.39 Å². The van der Waals surface area contributed by atoms with Crippen LogP contribution in [-0.4, -0.2) is 141 Å². The number of halogens is 2. The standard InChI is InChI=1S/2C15H19NO3.2C14H17NO3.2C14H19NO2.C13H16ClNO.C13H16FNO/c1-15(2,3)14(17)16-8-10-6-12-13(7-11(10)9-16)19-5-4-18-12;1-15(2,3)14(17)16-8-10-4-5-12-13(11(10)9-16)19-7-6-18-12;1-14(2,3)13(16)15-6-9-4-11-12(18-8-17-11)5-10(9)7-15;1-14(2,3)13(16)15-6-9-4-5-11-12(10(9)7-15)18-8-17-11;1-14(2,3)13(16)15-8-10-5-6-12(17-4)7-11(10)9-15;1-14(2,3)13(16)15-8-10-6-5-7-12(17-4)11(10)9-15;1-13(2,3)12(16)15-7-9-4-5-11(14)6-10(9)8-15;1-13(2,3)12(16)15-7-9-5-4-6-11(14)10(9)8-15/h6-7H,4-5,8-9H2,1-3H3;4-5H,6-9H2,1-3H3;2*4-5H,6-8H2,1-3H3;2*5-7H,8-9H2,1-4H3;2*4-6H,7-8H2,1-3H3. The monoisotopic (exact) mass is 1940 g/mol. The highest BCUT2D eigenvalue weighted by atomic mass is 35.5. The van der Waals surface area contributed by atoms with Crippen LogP contribution < -0.4 is 47.4 Å². The van der Waals surface area contributed by atoms with Gasteiger partial charge in [0.25, 0.3) is 0 Å². The fourth-order valence-corrected chi connectivity index (χ4v) is 18.5. The Kier molecular flexibility index (Phi) is 31.1. The van der Waals surface area contributed by atoms with Crippen molar-refractivity contribution in [3.63, 3.8) is 0 Å². The maximum atomic E-state index is 13.5. The van der Waals surface area contributed by atoms with Gasteiger partial charge >= 0.3 is 0 Å². The van der Waals surface area contributed by atoms with Crippen molar-refractivity contribution in [1.29, 1.82) is 0 Å². The van der Waals surface area contributed by atoms with E-state index in [4.69, 9.17) is 59.0 Å². The zero-order valence-electron chi connectivity index (χ0n) is 86.8. The number of fused-ring (bicyclic) bond motifs is 14. The number of ether oxygens (including phenoxy) is 10. The van der Waals surface area contributed by atoms with E-state index in [1.807, 2.05) is 304 Å². The number of benzene rings is 8. The Morgan fingerprint density at radius 2 is 0.521 bits per heavy atom. The summed E-state index contributed by atoms with van der Waals surface area (Å²) in [6.45, 7) is 59.9. The Balaban J connectivity index is 0.000000135. The number of carbonyl (C=O) groups excluding carboxylic acids is 8. The highest BCUT2D eigenvalue weighted by Crippen LogP contribution is 2.47. The molecular formula is C112H142ClFN8O18. The number of hydrogen-bond acceptors (Lipinski definition) is 18. The molecule has 0 fully saturated rings. The molecule has 8 amide bonds. The number of amides is 8. The van der Waals surface area contributed by atoms with Crippen molar-refractivity contribution in [2.45, 2.75) is 271 Å². The normalized spacial score (nSPS) is 16.1. The molecule has 0 spiro atoms. The van der Waals surface area contributed by atoms with Crippen molar-refractivity contribution in [3.8, 4) is 57.5 Å². The second-order valence-electron chi connectivity index (χ2n) is 45.7. The van der Waals surface area contributed by atoms with Crippen LogP contribution in [-0.2, 0) is 143 Å². The predicted octanol–water partition coefficient (Wildman–Crippen LogP) is 20.4. The Bertz CT molecular complexity index is 5960. The first-order valence-corrected chi connectivity index (χ1v) is 48.7. The Labute approximate surface area is 830 Å². The van der Waals surface area contributed by atoms with Crippen LogP contribution in [0.1, 0.15) is 255 Å². The summed E-state index contributed by atoms with van der Waals surface area (Å²) in [5.41, 5.74) is 15.2.